The summed E-state index contributed by atoms with van der Waals surface area (Å²) in [6.45, 7) is 2.85. The fourth-order valence-corrected chi connectivity index (χ4v) is 2.15. The van der Waals surface area contributed by atoms with Crippen molar-refractivity contribution in [3.05, 3.63) is 70.8 Å². The summed E-state index contributed by atoms with van der Waals surface area (Å²) >= 11 is 0. The van der Waals surface area contributed by atoms with Crippen molar-refractivity contribution in [3.63, 3.8) is 0 Å². The van der Waals surface area contributed by atoms with Crippen LogP contribution in [-0.4, -0.2) is 24.2 Å². The first kappa shape index (κ1) is 15.2. The van der Waals surface area contributed by atoms with Gasteiger partial charge >= 0.3 is 5.97 Å². The highest BCUT2D eigenvalue weighted by Crippen LogP contribution is 2.27. The van der Waals surface area contributed by atoms with Crippen LogP contribution in [0.3, 0.4) is 0 Å². The summed E-state index contributed by atoms with van der Waals surface area (Å²) < 4.78 is 5.82. The minimum absolute atomic E-state index is 0.251. The fourth-order valence-electron chi connectivity index (χ4n) is 2.15. The van der Waals surface area contributed by atoms with Crippen molar-refractivity contribution in [1.29, 1.82) is 0 Å². The van der Waals surface area contributed by atoms with Gasteiger partial charge in [-0.05, 0) is 30.2 Å². The number of hydrogen-bond donors (Lipinski definition) is 2. The van der Waals surface area contributed by atoms with Crippen LogP contribution in [0.4, 0.5) is 0 Å². The van der Waals surface area contributed by atoms with Crippen LogP contribution in [0.5, 0.6) is 0 Å². The van der Waals surface area contributed by atoms with Gasteiger partial charge in [0.1, 0.15) is 6.10 Å². The number of aryl methyl sites for hydroxylation is 1. The van der Waals surface area contributed by atoms with Crippen molar-refractivity contribution in [3.8, 4) is 0 Å². The third kappa shape index (κ3) is 3.90. The number of aromatic carboxylic acids is 1. The summed E-state index contributed by atoms with van der Waals surface area (Å²) in [7, 11) is 0. The van der Waals surface area contributed by atoms with Crippen molar-refractivity contribution >= 4 is 5.97 Å². The minimum atomic E-state index is -0.946. The lowest BCUT2D eigenvalue weighted by molar-refractivity contribution is 0.0695. The lowest BCUT2D eigenvalue weighted by Gasteiger charge is -2.19. The standard InChI is InChI=1S/C17H19NO3/c1-12-5-7-13(8-6-12)16(21-10-9-18)14-3-2-4-15(11-14)17(19)20/h2-8,11,16H,9-10,18H2,1H3,(H,19,20). The second-order valence-corrected chi connectivity index (χ2v) is 4.88. The molecule has 0 aromatic heterocycles. The molecule has 0 bridgehead atoms. The Balaban J connectivity index is 2.37. The predicted octanol–water partition coefficient (Wildman–Crippen LogP) is 2.76. The van der Waals surface area contributed by atoms with Gasteiger partial charge in [-0.1, -0.05) is 42.0 Å². The monoisotopic (exact) mass is 285 g/mol. The first-order valence-electron chi connectivity index (χ1n) is 6.83. The molecule has 0 spiro atoms. The highest BCUT2D eigenvalue weighted by atomic mass is 16.5. The van der Waals surface area contributed by atoms with E-state index in [1.54, 1.807) is 18.2 Å². The molecular formula is C17H19NO3. The van der Waals surface area contributed by atoms with Gasteiger partial charge in [-0.2, -0.15) is 0 Å². The predicted molar refractivity (Wildman–Crippen MR) is 81.4 cm³/mol. The van der Waals surface area contributed by atoms with Gasteiger partial charge in [0.15, 0.2) is 0 Å². The Morgan fingerprint density at radius 1 is 1.19 bits per heavy atom. The molecule has 0 heterocycles. The van der Waals surface area contributed by atoms with Gasteiger partial charge in [0, 0.05) is 6.54 Å². The van der Waals surface area contributed by atoms with Crippen molar-refractivity contribution in [2.75, 3.05) is 13.2 Å². The molecule has 0 amide bonds. The molecule has 4 nitrogen and oxygen atoms in total. The van der Waals surface area contributed by atoms with Crippen LogP contribution < -0.4 is 5.73 Å². The molecule has 0 aliphatic carbocycles. The van der Waals surface area contributed by atoms with Gasteiger partial charge in [-0.3, -0.25) is 0 Å². The van der Waals surface area contributed by atoms with E-state index in [1.807, 2.05) is 37.3 Å². The zero-order chi connectivity index (χ0) is 15.2. The summed E-state index contributed by atoms with van der Waals surface area (Å²) in [5.74, 6) is -0.946. The van der Waals surface area contributed by atoms with Crippen LogP contribution in [0.2, 0.25) is 0 Å². The van der Waals surface area contributed by atoms with E-state index < -0.39 is 5.97 Å². The molecule has 0 radical (unpaired) electrons. The molecule has 2 aromatic rings. The highest BCUT2D eigenvalue weighted by Gasteiger charge is 2.16. The smallest absolute Gasteiger partial charge is 0.335 e. The van der Waals surface area contributed by atoms with E-state index in [4.69, 9.17) is 15.6 Å². The third-order valence-electron chi connectivity index (χ3n) is 3.22. The van der Waals surface area contributed by atoms with Crippen LogP contribution in [0.15, 0.2) is 48.5 Å². The van der Waals surface area contributed by atoms with E-state index in [9.17, 15) is 4.79 Å². The summed E-state index contributed by atoms with van der Waals surface area (Å²) in [6, 6.07) is 14.8. The minimum Gasteiger partial charge on any atom is -0.478 e. The van der Waals surface area contributed by atoms with Crippen molar-refractivity contribution in [1.82, 2.24) is 0 Å². The Morgan fingerprint density at radius 3 is 2.52 bits per heavy atom. The first-order valence-corrected chi connectivity index (χ1v) is 6.83. The van der Waals surface area contributed by atoms with Gasteiger partial charge in [0.2, 0.25) is 0 Å². The lowest BCUT2D eigenvalue weighted by atomic mass is 9.98. The molecule has 21 heavy (non-hydrogen) atoms. The van der Waals surface area contributed by atoms with E-state index in [2.05, 4.69) is 0 Å². The van der Waals surface area contributed by atoms with Crippen molar-refractivity contribution < 1.29 is 14.6 Å². The molecule has 110 valence electrons. The number of ether oxygens (including phenoxy) is 1. The molecule has 0 saturated heterocycles. The fraction of sp³-hybridized carbons (Fsp3) is 0.235. The number of carboxylic acids is 1. The molecule has 0 aliphatic rings. The zero-order valence-electron chi connectivity index (χ0n) is 12.0. The molecule has 1 unspecified atom stereocenters. The summed E-state index contributed by atoms with van der Waals surface area (Å²) in [5.41, 5.74) is 8.72. The van der Waals surface area contributed by atoms with Crippen LogP contribution in [0.25, 0.3) is 0 Å². The highest BCUT2D eigenvalue weighted by molar-refractivity contribution is 5.87. The second kappa shape index (κ2) is 7.02. The van der Waals surface area contributed by atoms with Gasteiger partial charge < -0.3 is 15.6 Å². The first-order chi connectivity index (χ1) is 10.1. The quantitative estimate of drug-likeness (QED) is 0.856. The number of nitrogens with two attached hydrogens (primary N) is 1. The lowest BCUT2D eigenvalue weighted by Crippen LogP contribution is -2.14. The Morgan fingerprint density at radius 2 is 1.90 bits per heavy atom. The molecule has 0 fully saturated rings. The average Bonchev–Trinajstić information content (AvgIpc) is 2.49. The largest absolute Gasteiger partial charge is 0.478 e. The third-order valence-corrected chi connectivity index (χ3v) is 3.22. The van der Waals surface area contributed by atoms with Crippen LogP contribution in [-0.2, 0) is 4.74 Å². The van der Waals surface area contributed by atoms with Crippen molar-refractivity contribution in [2.45, 2.75) is 13.0 Å². The number of carboxylic acid groups (broad SMARTS) is 1. The van der Waals surface area contributed by atoms with E-state index in [0.29, 0.717) is 13.2 Å². The van der Waals surface area contributed by atoms with Crippen LogP contribution in [0.1, 0.15) is 33.2 Å². The molecule has 2 rings (SSSR count). The average molecular weight is 285 g/mol. The topological polar surface area (TPSA) is 72.5 Å². The Bertz CT molecular complexity index is 608. The second-order valence-electron chi connectivity index (χ2n) is 4.88. The molecule has 4 heteroatoms. The van der Waals surface area contributed by atoms with E-state index in [0.717, 1.165) is 16.7 Å². The maximum atomic E-state index is 11.1. The van der Waals surface area contributed by atoms with Gasteiger partial charge in [0.25, 0.3) is 0 Å². The Labute approximate surface area is 124 Å². The number of hydrogen-bond acceptors (Lipinski definition) is 3. The van der Waals surface area contributed by atoms with E-state index in [1.165, 1.54) is 0 Å². The summed E-state index contributed by atoms with van der Waals surface area (Å²) in [5, 5.41) is 9.11. The molecule has 0 saturated carbocycles. The number of benzene rings is 2. The summed E-state index contributed by atoms with van der Waals surface area (Å²) in [6.07, 6.45) is -0.312. The van der Waals surface area contributed by atoms with Gasteiger partial charge in [0.05, 0.1) is 12.2 Å². The maximum Gasteiger partial charge on any atom is 0.335 e. The number of rotatable bonds is 6. The van der Waals surface area contributed by atoms with E-state index in [-0.39, 0.29) is 11.7 Å². The molecule has 0 aliphatic heterocycles. The molecule has 3 N–H and O–H groups in total. The molecule has 2 aromatic carbocycles. The van der Waals surface area contributed by atoms with Crippen LogP contribution >= 0.6 is 0 Å². The van der Waals surface area contributed by atoms with E-state index >= 15 is 0 Å². The normalized spacial score (nSPS) is 12.1. The Hall–Kier alpha value is -2.17. The zero-order valence-corrected chi connectivity index (χ0v) is 12.0. The molecular weight excluding hydrogens is 266 g/mol. The summed E-state index contributed by atoms with van der Waals surface area (Å²) in [4.78, 5) is 11.1. The Kier molecular flexibility index (Phi) is 5.09. The number of carbonyl (C=O) groups is 1. The maximum absolute atomic E-state index is 11.1. The van der Waals surface area contributed by atoms with Crippen LogP contribution in [0, 0.1) is 6.92 Å². The van der Waals surface area contributed by atoms with Gasteiger partial charge in [-0.25, -0.2) is 4.79 Å². The SMILES string of the molecule is Cc1ccc(C(OCCN)c2cccc(C(=O)O)c2)cc1. The van der Waals surface area contributed by atoms with Crippen molar-refractivity contribution in [2.24, 2.45) is 5.73 Å². The van der Waals surface area contributed by atoms with Gasteiger partial charge in [-0.15, -0.1) is 0 Å². The molecule has 1 atom stereocenters.